The first-order chi connectivity index (χ1) is 12.6. The highest BCUT2D eigenvalue weighted by Crippen LogP contribution is 2.26. The Kier molecular flexibility index (Phi) is 5.68. The van der Waals surface area contributed by atoms with Crippen LogP contribution < -0.4 is 5.32 Å². The van der Waals surface area contributed by atoms with Crippen molar-refractivity contribution in [2.45, 2.75) is 30.7 Å². The first-order valence-corrected chi connectivity index (χ1v) is 8.80. The summed E-state index contributed by atoms with van der Waals surface area (Å²) in [5, 5.41) is 12.2. The largest absolute Gasteiger partial charge is 0.479 e. The van der Waals surface area contributed by atoms with Crippen LogP contribution in [0.5, 0.6) is 0 Å². The Balaban J connectivity index is 1.75. The number of hydrogen-bond acceptors (Lipinski definition) is 3. The van der Waals surface area contributed by atoms with Crippen molar-refractivity contribution < 1.29 is 19.4 Å². The van der Waals surface area contributed by atoms with Crippen molar-refractivity contribution in [3.05, 3.63) is 71.8 Å². The topological polar surface area (TPSA) is 75.6 Å². The summed E-state index contributed by atoms with van der Waals surface area (Å²) in [5.74, 6) is -1.32. The summed E-state index contributed by atoms with van der Waals surface area (Å²) in [4.78, 5) is 24.3. The number of nitrogens with one attached hydrogen (secondary N) is 1. The van der Waals surface area contributed by atoms with E-state index in [0.717, 1.165) is 17.5 Å². The predicted molar refractivity (Wildman–Crippen MR) is 97.9 cm³/mol. The highest BCUT2D eigenvalue weighted by Gasteiger charge is 2.44. The quantitative estimate of drug-likeness (QED) is 0.803. The molecular weight excluding hydrogens is 330 g/mol. The van der Waals surface area contributed by atoms with Crippen LogP contribution >= 0.6 is 0 Å². The highest BCUT2D eigenvalue weighted by molar-refractivity contribution is 5.87. The van der Waals surface area contributed by atoms with Gasteiger partial charge in [0, 0.05) is 19.4 Å². The zero-order chi connectivity index (χ0) is 18.4. The van der Waals surface area contributed by atoms with Crippen LogP contribution in [0.15, 0.2) is 60.7 Å². The molecule has 0 aliphatic carbocycles. The van der Waals surface area contributed by atoms with E-state index < -0.39 is 11.5 Å². The van der Waals surface area contributed by atoms with Crippen LogP contribution in [0.2, 0.25) is 0 Å². The number of carbonyl (C=O) groups excluding carboxylic acids is 1. The zero-order valence-corrected chi connectivity index (χ0v) is 14.6. The first kappa shape index (κ1) is 18.1. The van der Waals surface area contributed by atoms with Gasteiger partial charge in [0.25, 0.3) is 0 Å². The average molecular weight is 353 g/mol. The summed E-state index contributed by atoms with van der Waals surface area (Å²) in [5.41, 5.74) is 0.912. The number of hydrogen-bond donors (Lipinski definition) is 2. The van der Waals surface area contributed by atoms with Gasteiger partial charge in [-0.1, -0.05) is 60.7 Å². The molecule has 2 atom stereocenters. The molecule has 2 aromatic rings. The molecule has 5 nitrogen and oxygen atoms in total. The Bertz CT molecular complexity index is 739. The molecular formula is C21H23NO4. The smallest absolute Gasteiger partial charge is 0.331 e. The molecule has 136 valence electrons. The molecule has 0 aromatic heterocycles. The molecule has 3 rings (SSSR count). The Morgan fingerprint density at radius 1 is 1.08 bits per heavy atom. The predicted octanol–water partition coefficient (Wildman–Crippen LogP) is 2.76. The molecule has 2 aromatic carbocycles. The third kappa shape index (κ3) is 4.29. The van der Waals surface area contributed by atoms with Crippen LogP contribution in [0.3, 0.4) is 0 Å². The molecule has 2 unspecified atom stereocenters. The standard InChI is InChI=1S/C21H23NO4/c23-19(22-21(20(24)25)11-12-26-15-21)14-18(17-9-5-2-6-10-17)13-16-7-3-1-4-8-16/h1-10,18H,11-15H2,(H,22,23)(H,24,25). The number of amides is 1. The van der Waals surface area contributed by atoms with Gasteiger partial charge in [0.2, 0.25) is 5.91 Å². The monoisotopic (exact) mass is 353 g/mol. The highest BCUT2D eigenvalue weighted by atomic mass is 16.5. The Morgan fingerprint density at radius 3 is 2.31 bits per heavy atom. The van der Waals surface area contributed by atoms with E-state index in [4.69, 9.17) is 4.74 Å². The molecule has 5 heteroatoms. The van der Waals surface area contributed by atoms with E-state index in [1.165, 1.54) is 0 Å². The summed E-state index contributed by atoms with van der Waals surface area (Å²) in [7, 11) is 0. The van der Waals surface area contributed by atoms with Gasteiger partial charge in [-0.05, 0) is 23.5 Å². The Morgan fingerprint density at radius 2 is 1.73 bits per heavy atom. The average Bonchev–Trinajstić information content (AvgIpc) is 3.12. The van der Waals surface area contributed by atoms with Gasteiger partial charge < -0.3 is 15.2 Å². The molecule has 1 aliphatic rings. The van der Waals surface area contributed by atoms with Crippen molar-refractivity contribution in [2.75, 3.05) is 13.2 Å². The molecule has 26 heavy (non-hydrogen) atoms. The first-order valence-electron chi connectivity index (χ1n) is 8.80. The fourth-order valence-corrected chi connectivity index (χ4v) is 3.36. The van der Waals surface area contributed by atoms with Crippen molar-refractivity contribution in [3.8, 4) is 0 Å². The van der Waals surface area contributed by atoms with Crippen molar-refractivity contribution in [1.82, 2.24) is 5.32 Å². The van der Waals surface area contributed by atoms with Crippen LogP contribution in [0.25, 0.3) is 0 Å². The van der Waals surface area contributed by atoms with Gasteiger partial charge >= 0.3 is 5.97 Å². The maximum Gasteiger partial charge on any atom is 0.331 e. The van der Waals surface area contributed by atoms with Crippen LogP contribution in [0.1, 0.15) is 29.9 Å². The third-order valence-electron chi connectivity index (χ3n) is 4.84. The van der Waals surface area contributed by atoms with Gasteiger partial charge in [0.05, 0.1) is 6.61 Å². The second kappa shape index (κ2) is 8.15. The van der Waals surface area contributed by atoms with Crippen LogP contribution in [-0.4, -0.2) is 35.7 Å². The van der Waals surface area contributed by atoms with E-state index in [1.54, 1.807) is 0 Å². The lowest BCUT2D eigenvalue weighted by molar-refractivity contribution is -0.147. The fourth-order valence-electron chi connectivity index (χ4n) is 3.36. The molecule has 0 bridgehead atoms. The van der Waals surface area contributed by atoms with Gasteiger partial charge in [0.15, 0.2) is 5.54 Å². The number of rotatable bonds is 7. The zero-order valence-electron chi connectivity index (χ0n) is 14.6. The van der Waals surface area contributed by atoms with E-state index in [1.807, 2.05) is 60.7 Å². The molecule has 0 spiro atoms. The SMILES string of the molecule is O=C(CC(Cc1ccccc1)c1ccccc1)NC1(C(=O)O)CCOC1. The van der Waals surface area contributed by atoms with Gasteiger partial charge in [0.1, 0.15) is 0 Å². The van der Waals surface area contributed by atoms with E-state index in [9.17, 15) is 14.7 Å². The number of carbonyl (C=O) groups is 2. The summed E-state index contributed by atoms with van der Waals surface area (Å²) >= 11 is 0. The van der Waals surface area contributed by atoms with Gasteiger partial charge in [-0.3, -0.25) is 4.79 Å². The normalized spacial score (nSPS) is 20.5. The minimum atomic E-state index is -1.30. The van der Waals surface area contributed by atoms with E-state index >= 15 is 0 Å². The fraction of sp³-hybridized carbons (Fsp3) is 0.333. The molecule has 1 saturated heterocycles. The molecule has 1 amide bonds. The lowest BCUT2D eigenvalue weighted by atomic mass is 9.88. The summed E-state index contributed by atoms with van der Waals surface area (Å²) in [6.45, 7) is 0.363. The summed E-state index contributed by atoms with van der Waals surface area (Å²) < 4.78 is 5.21. The number of carboxylic acids is 1. The lowest BCUT2D eigenvalue weighted by Crippen LogP contribution is -2.55. The molecule has 1 aliphatic heterocycles. The van der Waals surface area contributed by atoms with Gasteiger partial charge in [-0.25, -0.2) is 4.79 Å². The minimum Gasteiger partial charge on any atom is -0.479 e. The van der Waals surface area contributed by atoms with E-state index in [0.29, 0.717) is 13.0 Å². The second-order valence-corrected chi connectivity index (χ2v) is 6.74. The maximum atomic E-state index is 12.7. The number of ether oxygens (including phenoxy) is 1. The van der Waals surface area contributed by atoms with Crippen LogP contribution in [-0.2, 0) is 20.7 Å². The minimum absolute atomic E-state index is 0.0166. The number of carboxylic acid groups (broad SMARTS) is 1. The molecule has 1 heterocycles. The van der Waals surface area contributed by atoms with Gasteiger partial charge in [-0.15, -0.1) is 0 Å². The van der Waals surface area contributed by atoms with Crippen molar-refractivity contribution >= 4 is 11.9 Å². The second-order valence-electron chi connectivity index (χ2n) is 6.74. The third-order valence-corrected chi connectivity index (χ3v) is 4.84. The van der Waals surface area contributed by atoms with Crippen LogP contribution in [0.4, 0.5) is 0 Å². The Hall–Kier alpha value is -2.66. The van der Waals surface area contributed by atoms with Crippen molar-refractivity contribution in [2.24, 2.45) is 0 Å². The van der Waals surface area contributed by atoms with Crippen LogP contribution in [0, 0.1) is 0 Å². The van der Waals surface area contributed by atoms with Crippen molar-refractivity contribution in [1.29, 1.82) is 0 Å². The molecule has 0 saturated carbocycles. The number of benzene rings is 2. The van der Waals surface area contributed by atoms with Crippen molar-refractivity contribution in [3.63, 3.8) is 0 Å². The molecule has 1 fully saturated rings. The van der Waals surface area contributed by atoms with Gasteiger partial charge in [-0.2, -0.15) is 0 Å². The Labute approximate surface area is 153 Å². The number of aliphatic carboxylic acids is 1. The van der Waals surface area contributed by atoms with E-state index in [2.05, 4.69) is 5.32 Å². The summed E-state index contributed by atoms with van der Waals surface area (Å²) in [6.07, 6.45) is 1.24. The summed E-state index contributed by atoms with van der Waals surface area (Å²) in [6, 6.07) is 19.9. The maximum absolute atomic E-state index is 12.7. The molecule has 0 radical (unpaired) electrons. The lowest BCUT2D eigenvalue weighted by Gasteiger charge is -2.25. The van der Waals surface area contributed by atoms with E-state index in [-0.39, 0.29) is 24.9 Å². The molecule has 2 N–H and O–H groups in total.